The van der Waals surface area contributed by atoms with Crippen molar-refractivity contribution in [3.05, 3.63) is 29.6 Å². The standard InChI is InChI=1S/C9H12N2O3/c10-8(2-4-12)7-5-11-3-1-6(7)9(13)14/h1,3,5,8,12H,2,4,10H2,(H,13,14). The van der Waals surface area contributed by atoms with Crippen LogP contribution in [0.15, 0.2) is 18.5 Å². The molecule has 1 atom stereocenters. The molecule has 0 aliphatic heterocycles. The first kappa shape index (κ1) is 10.6. The van der Waals surface area contributed by atoms with Crippen molar-refractivity contribution in [3.63, 3.8) is 0 Å². The van der Waals surface area contributed by atoms with E-state index in [1.165, 1.54) is 18.5 Å². The van der Waals surface area contributed by atoms with Gasteiger partial charge in [-0.2, -0.15) is 0 Å². The summed E-state index contributed by atoms with van der Waals surface area (Å²) in [4.78, 5) is 14.6. The van der Waals surface area contributed by atoms with Crippen molar-refractivity contribution < 1.29 is 15.0 Å². The molecule has 1 unspecified atom stereocenters. The average Bonchev–Trinajstić information content (AvgIpc) is 2.18. The Morgan fingerprint density at radius 3 is 2.93 bits per heavy atom. The van der Waals surface area contributed by atoms with E-state index >= 15 is 0 Å². The molecule has 5 nitrogen and oxygen atoms in total. The fourth-order valence-electron chi connectivity index (χ4n) is 1.19. The van der Waals surface area contributed by atoms with Gasteiger partial charge in [0.25, 0.3) is 0 Å². The van der Waals surface area contributed by atoms with E-state index in [9.17, 15) is 4.79 Å². The van der Waals surface area contributed by atoms with Crippen LogP contribution >= 0.6 is 0 Å². The van der Waals surface area contributed by atoms with Crippen molar-refractivity contribution in [2.75, 3.05) is 6.61 Å². The summed E-state index contributed by atoms with van der Waals surface area (Å²) in [7, 11) is 0. The second-order valence-electron chi connectivity index (χ2n) is 2.89. The molecular formula is C9H12N2O3. The van der Waals surface area contributed by atoms with Crippen LogP contribution in [-0.4, -0.2) is 27.8 Å². The summed E-state index contributed by atoms with van der Waals surface area (Å²) in [6, 6.07) is 0.911. The van der Waals surface area contributed by atoms with Gasteiger partial charge in [0, 0.05) is 30.6 Å². The van der Waals surface area contributed by atoms with E-state index in [-0.39, 0.29) is 12.2 Å². The van der Waals surface area contributed by atoms with E-state index < -0.39 is 12.0 Å². The molecule has 0 fully saturated rings. The Labute approximate surface area is 81.2 Å². The quantitative estimate of drug-likeness (QED) is 0.637. The minimum Gasteiger partial charge on any atom is -0.478 e. The molecule has 0 saturated heterocycles. The number of aliphatic hydroxyl groups excluding tert-OH is 1. The lowest BCUT2D eigenvalue weighted by Gasteiger charge is -2.12. The van der Waals surface area contributed by atoms with E-state index in [0.29, 0.717) is 12.0 Å². The maximum Gasteiger partial charge on any atom is 0.336 e. The minimum atomic E-state index is -1.03. The zero-order valence-electron chi connectivity index (χ0n) is 7.55. The molecule has 0 radical (unpaired) electrons. The lowest BCUT2D eigenvalue weighted by atomic mass is 10.0. The Balaban J connectivity index is 3.00. The topological polar surface area (TPSA) is 96.4 Å². The number of nitrogens with zero attached hydrogens (tertiary/aromatic N) is 1. The number of aromatic carboxylic acids is 1. The number of pyridine rings is 1. The highest BCUT2D eigenvalue weighted by Gasteiger charge is 2.15. The fourth-order valence-corrected chi connectivity index (χ4v) is 1.19. The summed E-state index contributed by atoms with van der Waals surface area (Å²) in [5, 5.41) is 17.5. The van der Waals surface area contributed by atoms with Crippen molar-refractivity contribution in [2.45, 2.75) is 12.5 Å². The van der Waals surface area contributed by atoms with Crippen molar-refractivity contribution >= 4 is 5.97 Å². The van der Waals surface area contributed by atoms with Gasteiger partial charge in [-0.1, -0.05) is 0 Å². The Kier molecular flexibility index (Phi) is 3.55. The Morgan fingerprint density at radius 1 is 1.64 bits per heavy atom. The van der Waals surface area contributed by atoms with Crippen molar-refractivity contribution in [1.82, 2.24) is 4.98 Å². The van der Waals surface area contributed by atoms with Gasteiger partial charge in [-0.15, -0.1) is 0 Å². The van der Waals surface area contributed by atoms with E-state index in [0.717, 1.165) is 0 Å². The number of carboxylic acids is 1. The number of carboxylic acid groups (broad SMARTS) is 1. The third-order valence-electron chi connectivity index (χ3n) is 1.92. The molecule has 0 spiro atoms. The van der Waals surface area contributed by atoms with Gasteiger partial charge in [0.15, 0.2) is 0 Å². The second-order valence-corrected chi connectivity index (χ2v) is 2.89. The predicted octanol–water partition coefficient (Wildman–Crippen LogP) is 0.162. The largest absolute Gasteiger partial charge is 0.478 e. The third kappa shape index (κ3) is 2.27. The number of aromatic nitrogens is 1. The number of nitrogens with two attached hydrogens (primary N) is 1. The Hall–Kier alpha value is -1.46. The molecule has 0 aliphatic rings. The highest BCUT2D eigenvalue weighted by molar-refractivity contribution is 5.89. The van der Waals surface area contributed by atoms with Gasteiger partial charge in [0.1, 0.15) is 0 Å². The van der Waals surface area contributed by atoms with Gasteiger partial charge in [0.05, 0.1) is 5.56 Å². The van der Waals surface area contributed by atoms with Crippen LogP contribution in [0.3, 0.4) is 0 Å². The molecular weight excluding hydrogens is 184 g/mol. The van der Waals surface area contributed by atoms with Crippen molar-refractivity contribution in [1.29, 1.82) is 0 Å². The molecule has 1 rings (SSSR count). The summed E-state index contributed by atoms with van der Waals surface area (Å²) in [5.41, 5.74) is 6.27. The van der Waals surface area contributed by atoms with Crippen LogP contribution in [0.5, 0.6) is 0 Å². The summed E-state index contributed by atoms with van der Waals surface area (Å²) in [6.07, 6.45) is 3.15. The van der Waals surface area contributed by atoms with Gasteiger partial charge in [-0.25, -0.2) is 4.79 Å². The van der Waals surface area contributed by atoms with Crippen LogP contribution < -0.4 is 5.73 Å². The number of rotatable bonds is 4. The molecule has 0 aromatic carbocycles. The molecule has 0 saturated carbocycles. The maximum absolute atomic E-state index is 10.8. The summed E-state index contributed by atoms with van der Waals surface area (Å²) < 4.78 is 0. The van der Waals surface area contributed by atoms with Crippen LogP contribution in [0.1, 0.15) is 28.4 Å². The van der Waals surface area contributed by atoms with Crippen LogP contribution in [-0.2, 0) is 0 Å². The fraction of sp³-hybridized carbons (Fsp3) is 0.333. The number of hydrogen-bond donors (Lipinski definition) is 3. The molecule has 0 bridgehead atoms. The molecule has 5 heteroatoms. The zero-order chi connectivity index (χ0) is 10.6. The molecule has 1 aromatic heterocycles. The lowest BCUT2D eigenvalue weighted by Crippen LogP contribution is -2.16. The summed E-state index contributed by atoms with van der Waals surface area (Å²) in [5.74, 6) is -1.03. The van der Waals surface area contributed by atoms with Crippen LogP contribution in [0, 0.1) is 0 Å². The molecule has 1 aromatic rings. The highest BCUT2D eigenvalue weighted by atomic mass is 16.4. The van der Waals surface area contributed by atoms with Crippen molar-refractivity contribution in [3.8, 4) is 0 Å². The first-order chi connectivity index (χ1) is 6.66. The smallest absolute Gasteiger partial charge is 0.336 e. The van der Waals surface area contributed by atoms with E-state index in [2.05, 4.69) is 4.98 Å². The lowest BCUT2D eigenvalue weighted by molar-refractivity contribution is 0.0694. The second kappa shape index (κ2) is 4.69. The van der Waals surface area contributed by atoms with E-state index in [1.807, 2.05) is 0 Å². The van der Waals surface area contributed by atoms with E-state index in [1.54, 1.807) is 0 Å². The molecule has 14 heavy (non-hydrogen) atoms. The van der Waals surface area contributed by atoms with Crippen LogP contribution in [0.4, 0.5) is 0 Å². The highest BCUT2D eigenvalue weighted by Crippen LogP contribution is 2.17. The predicted molar refractivity (Wildman–Crippen MR) is 49.8 cm³/mol. The van der Waals surface area contributed by atoms with Crippen molar-refractivity contribution in [2.24, 2.45) is 5.73 Å². The molecule has 1 heterocycles. The summed E-state index contributed by atoms with van der Waals surface area (Å²) >= 11 is 0. The first-order valence-corrected chi connectivity index (χ1v) is 4.20. The first-order valence-electron chi connectivity index (χ1n) is 4.20. The SMILES string of the molecule is NC(CCO)c1cnccc1C(=O)O. The summed E-state index contributed by atoms with van der Waals surface area (Å²) in [6.45, 7) is -0.0743. The van der Waals surface area contributed by atoms with Gasteiger partial charge in [0.2, 0.25) is 0 Å². The minimum absolute atomic E-state index is 0.0743. The average molecular weight is 196 g/mol. The molecule has 4 N–H and O–H groups in total. The monoisotopic (exact) mass is 196 g/mol. The molecule has 0 aliphatic carbocycles. The molecule has 76 valence electrons. The zero-order valence-corrected chi connectivity index (χ0v) is 7.55. The van der Waals surface area contributed by atoms with Crippen LogP contribution in [0.2, 0.25) is 0 Å². The maximum atomic E-state index is 10.8. The third-order valence-corrected chi connectivity index (χ3v) is 1.92. The Bertz CT molecular complexity index is 328. The Morgan fingerprint density at radius 2 is 2.36 bits per heavy atom. The molecule has 0 amide bonds. The van der Waals surface area contributed by atoms with Gasteiger partial charge in [-0.05, 0) is 12.5 Å². The normalized spacial score (nSPS) is 12.4. The number of carbonyl (C=O) groups is 1. The number of hydrogen-bond acceptors (Lipinski definition) is 4. The van der Waals surface area contributed by atoms with Crippen LogP contribution in [0.25, 0.3) is 0 Å². The number of aliphatic hydroxyl groups is 1. The van der Waals surface area contributed by atoms with Gasteiger partial charge in [-0.3, -0.25) is 4.98 Å². The van der Waals surface area contributed by atoms with E-state index in [4.69, 9.17) is 15.9 Å². The van der Waals surface area contributed by atoms with Gasteiger partial charge >= 0.3 is 5.97 Å². The van der Waals surface area contributed by atoms with Gasteiger partial charge < -0.3 is 15.9 Å².